The van der Waals surface area contributed by atoms with Crippen LogP contribution in [0.2, 0.25) is 0 Å². The van der Waals surface area contributed by atoms with Crippen LogP contribution in [0.25, 0.3) is 0 Å². The molecule has 24 heavy (non-hydrogen) atoms. The van der Waals surface area contributed by atoms with Crippen LogP contribution in [0.15, 0.2) is 5.16 Å². The van der Waals surface area contributed by atoms with Crippen LogP contribution < -0.4 is 5.32 Å². The zero-order chi connectivity index (χ0) is 18.1. The van der Waals surface area contributed by atoms with Crippen molar-refractivity contribution >= 4 is 23.6 Å². The summed E-state index contributed by atoms with van der Waals surface area (Å²) in [5, 5.41) is 3.57. The molecule has 0 aliphatic carbocycles. The maximum Gasteiger partial charge on any atom is 0.306 e. The first-order valence-corrected chi connectivity index (χ1v) is 9.46. The second kappa shape index (κ2) is 10.3. The van der Waals surface area contributed by atoms with Crippen molar-refractivity contribution in [3.05, 3.63) is 17.0 Å². The quantitative estimate of drug-likeness (QED) is 0.417. The van der Waals surface area contributed by atoms with Crippen molar-refractivity contribution in [1.82, 2.24) is 15.3 Å². The van der Waals surface area contributed by atoms with Crippen molar-refractivity contribution in [3.63, 3.8) is 0 Å². The Labute approximate surface area is 148 Å². The molecule has 1 aromatic heterocycles. The minimum absolute atomic E-state index is 0.133. The molecule has 1 N–H and O–H groups in total. The van der Waals surface area contributed by atoms with Gasteiger partial charge in [-0.05, 0) is 44.9 Å². The van der Waals surface area contributed by atoms with Gasteiger partial charge in [0.1, 0.15) is 0 Å². The van der Waals surface area contributed by atoms with Crippen LogP contribution >= 0.6 is 11.8 Å². The molecular weight excluding hydrogens is 326 g/mol. The van der Waals surface area contributed by atoms with Crippen molar-refractivity contribution in [2.45, 2.75) is 64.6 Å². The Kier molecular flexibility index (Phi) is 8.74. The first-order chi connectivity index (χ1) is 11.4. The summed E-state index contributed by atoms with van der Waals surface area (Å²) in [5.41, 5.74) is 2.73. The lowest BCUT2D eigenvalue weighted by Gasteiger charge is -2.14. The van der Waals surface area contributed by atoms with Gasteiger partial charge in [-0.3, -0.25) is 9.59 Å². The highest BCUT2D eigenvalue weighted by atomic mass is 32.2. The van der Waals surface area contributed by atoms with Crippen molar-refractivity contribution in [3.8, 4) is 0 Å². The van der Waals surface area contributed by atoms with Gasteiger partial charge in [0.2, 0.25) is 0 Å². The van der Waals surface area contributed by atoms with E-state index in [4.69, 9.17) is 4.74 Å². The number of rotatable bonds is 9. The highest BCUT2D eigenvalue weighted by Crippen LogP contribution is 2.17. The molecule has 0 bridgehead atoms. The zero-order valence-corrected chi connectivity index (χ0v) is 16.0. The number of hydrogen-bond donors (Lipinski definition) is 1. The van der Waals surface area contributed by atoms with Gasteiger partial charge in [0, 0.05) is 23.9 Å². The summed E-state index contributed by atoms with van der Waals surface area (Å²) in [6.07, 6.45) is 4.38. The van der Waals surface area contributed by atoms with Crippen molar-refractivity contribution in [2.24, 2.45) is 0 Å². The smallest absolute Gasteiger partial charge is 0.306 e. The Hall–Kier alpha value is -1.63. The van der Waals surface area contributed by atoms with E-state index in [1.54, 1.807) is 0 Å². The lowest BCUT2D eigenvalue weighted by atomic mass is 10.1. The molecule has 0 saturated heterocycles. The third-order valence-electron chi connectivity index (χ3n) is 3.88. The van der Waals surface area contributed by atoms with Crippen LogP contribution in [-0.4, -0.2) is 40.7 Å². The molecule has 0 unspecified atom stereocenters. The number of aryl methyl sites for hydroxylation is 2. The SMILES string of the molecule is CCC(CC)NC(=O)COC(=O)CCc1c(C)nc(SC)nc1C. The molecule has 1 rings (SSSR count). The zero-order valence-electron chi connectivity index (χ0n) is 15.1. The molecule has 6 nitrogen and oxygen atoms in total. The average molecular weight is 353 g/mol. The summed E-state index contributed by atoms with van der Waals surface area (Å²) in [5.74, 6) is -0.639. The third kappa shape index (κ3) is 6.47. The van der Waals surface area contributed by atoms with Gasteiger partial charge in [-0.25, -0.2) is 9.97 Å². The predicted molar refractivity (Wildman–Crippen MR) is 95.1 cm³/mol. The standard InChI is InChI=1S/C17H27N3O3S/c1-6-13(7-2)20-15(21)10-23-16(22)9-8-14-11(3)18-17(24-5)19-12(14)4/h13H,6-10H2,1-5H3,(H,20,21). The van der Waals surface area contributed by atoms with Gasteiger partial charge in [-0.2, -0.15) is 0 Å². The minimum Gasteiger partial charge on any atom is -0.456 e. The summed E-state index contributed by atoms with van der Waals surface area (Å²) in [6.45, 7) is 7.62. The molecule has 0 radical (unpaired) electrons. The molecule has 0 aliphatic heterocycles. The van der Waals surface area contributed by atoms with E-state index >= 15 is 0 Å². The van der Waals surface area contributed by atoms with E-state index in [1.807, 2.05) is 34.0 Å². The fourth-order valence-corrected chi connectivity index (χ4v) is 2.83. The van der Waals surface area contributed by atoms with Crippen LogP contribution in [0, 0.1) is 13.8 Å². The molecule has 0 aliphatic rings. The number of carbonyl (C=O) groups excluding carboxylic acids is 2. The van der Waals surface area contributed by atoms with Gasteiger partial charge in [-0.15, -0.1) is 0 Å². The maximum absolute atomic E-state index is 11.8. The Morgan fingerprint density at radius 2 is 1.75 bits per heavy atom. The van der Waals surface area contributed by atoms with Gasteiger partial charge < -0.3 is 10.1 Å². The largest absolute Gasteiger partial charge is 0.456 e. The Bertz CT molecular complexity index is 551. The van der Waals surface area contributed by atoms with E-state index in [9.17, 15) is 9.59 Å². The van der Waals surface area contributed by atoms with Gasteiger partial charge in [0.25, 0.3) is 5.91 Å². The Morgan fingerprint density at radius 1 is 1.17 bits per heavy atom. The predicted octanol–water partition coefficient (Wildman–Crippen LogP) is 2.60. The summed E-state index contributed by atoms with van der Waals surface area (Å²) in [6, 6.07) is 0.133. The minimum atomic E-state index is -0.387. The molecule has 7 heteroatoms. The second-order valence-corrected chi connectivity index (χ2v) is 6.37. The number of ether oxygens (including phenoxy) is 1. The first-order valence-electron chi connectivity index (χ1n) is 8.24. The molecule has 0 atom stereocenters. The highest BCUT2D eigenvalue weighted by molar-refractivity contribution is 7.98. The Morgan fingerprint density at radius 3 is 2.25 bits per heavy atom. The molecule has 0 saturated carbocycles. The first kappa shape index (κ1) is 20.4. The number of thioether (sulfide) groups is 1. The van der Waals surface area contributed by atoms with Gasteiger partial charge in [0.05, 0.1) is 0 Å². The monoisotopic (exact) mass is 353 g/mol. The average Bonchev–Trinajstić information content (AvgIpc) is 2.56. The fourth-order valence-electron chi connectivity index (χ4n) is 2.37. The van der Waals surface area contributed by atoms with E-state index in [2.05, 4.69) is 15.3 Å². The molecule has 0 aromatic carbocycles. The van der Waals surface area contributed by atoms with Crippen LogP contribution in [0.1, 0.15) is 50.1 Å². The summed E-state index contributed by atoms with van der Waals surface area (Å²) in [7, 11) is 0. The molecule has 0 fully saturated rings. The number of carbonyl (C=O) groups is 2. The number of hydrogen-bond acceptors (Lipinski definition) is 6. The molecule has 134 valence electrons. The molecule has 1 aromatic rings. The summed E-state index contributed by atoms with van der Waals surface area (Å²) >= 11 is 1.49. The lowest BCUT2D eigenvalue weighted by molar-refractivity contribution is -0.148. The highest BCUT2D eigenvalue weighted by Gasteiger charge is 2.13. The fraction of sp³-hybridized carbons (Fsp3) is 0.647. The third-order valence-corrected chi connectivity index (χ3v) is 4.42. The van der Waals surface area contributed by atoms with E-state index in [0.29, 0.717) is 6.42 Å². The van der Waals surface area contributed by atoms with Crippen LogP contribution in [0.4, 0.5) is 0 Å². The van der Waals surface area contributed by atoms with Crippen LogP contribution in [0.3, 0.4) is 0 Å². The topological polar surface area (TPSA) is 81.2 Å². The van der Waals surface area contributed by atoms with Crippen LogP contribution in [0.5, 0.6) is 0 Å². The van der Waals surface area contributed by atoms with Crippen molar-refractivity contribution < 1.29 is 14.3 Å². The molecule has 0 spiro atoms. The number of nitrogens with zero attached hydrogens (tertiary/aromatic N) is 2. The maximum atomic E-state index is 11.8. The van der Waals surface area contributed by atoms with E-state index in [-0.39, 0.29) is 30.9 Å². The van der Waals surface area contributed by atoms with Crippen molar-refractivity contribution in [1.29, 1.82) is 0 Å². The van der Waals surface area contributed by atoms with Crippen LogP contribution in [-0.2, 0) is 20.7 Å². The number of aromatic nitrogens is 2. The summed E-state index contributed by atoms with van der Waals surface area (Å²) in [4.78, 5) is 32.3. The molecule has 1 heterocycles. The number of esters is 1. The number of nitrogens with one attached hydrogen (secondary N) is 1. The van der Waals surface area contributed by atoms with E-state index in [1.165, 1.54) is 11.8 Å². The van der Waals surface area contributed by atoms with Crippen molar-refractivity contribution in [2.75, 3.05) is 12.9 Å². The number of amides is 1. The van der Waals surface area contributed by atoms with E-state index in [0.717, 1.165) is 34.9 Å². The van der Waals surface area contributed by atoms with E-state index < -0.39 is 0 Å². The Balaban J connectivity index is 2.46. The van der Waals surface area contributed by atoms with Gasteiger partial charge in [-0.1, -0.05) is 25.6 Å². The summed E-state index contributed by atoms with van der Waals surface area (Å²) < 4.78 is 5.04. The van der Waals surface area contributed by atoms with Gasteiger partial charge >= 0.3 is 5.97 Å². The second-order valence-electron chi connectivity index (χ2n) is 5.60. The molecular formula is C17H27N3O3S. The lowest BCUT2D eigenvalue weighted by Crippen LogP contribution is -2.36. The molecule has 1 amide bonds. The van der Waals surface area contributed by atoms with Gasteiger partial charge in [0.15, 0.2) is 11.8 Å². The normalized spacial score (nSPS) is 10.8.